The van der Waals surface area contributed by atoms with Crippen molar-refractivity contribution in [2.45, 2.75) is 30.7 Å². The molecule has 2 aromatic rings. The number of benzene rings is 2. The van der Waals surface area contributed by atoms with Crippen LogP contribution >= 0.6 is 0 Å². The average molecular weight is 420 g/mol. The van der Waals surface area contributed by atoms with Gasteiger partial charge in [-0.05, 0) is 48.6 Å². The molecule has 0 unspecified atom stereocenters. The van der Waals surface area contributed by atoms with Gasteiger partial charge in [-0.25, -0.2) is 17.2 Å². The maximum Gasteiger partial charge on any atom is 0.246 e. The van der Waals surface area contributed by atoms with Crippen LogP contribution in [0.1, 0.15) is 24.0 Å². The summed E-state index contributed by atoms with van der Waals surface area (Å²) < 4.78 is 53.9. The molecule has 5 nitrogen and oxygen atoms in total. The summed E-state index contributed by atoms with van der Waals surface area (Å²) in [7, 11) is -4.14. The summed E-state index contributed by atoms with van der Waals surface area (Å²) in [6, 6.07) is 10.5. The summed E-state index contributed by atoms with van der Waals surface area (Å²) in [4.78, 5) is 14.1. The van der Waals surface area contributed by atoms with Crippen molar-refractivity contribution in [2.75, 3.05) is 19.6 Å². The van der Waals surface area contributed by atoms with Crippen molar-refractivity contribution in [1.82, 2.24) is 9.21 Å². The number of carbonyl (C=O) groups excluding carboxylic acids is 1. The smallest absolute Gasteiger partial charge is 0.246 e. The van der Waals surface area contributed by atoms with Crippen molar-refractivity contribution in [3.8, 4) is 0 Å². The Hall–Kier alpha value is -2.32. The SMILES string of the molecule is O=C(C1CCN(S(=O)(=O)c2cc(F)ccc2F)CC1)N1CCc2ccccc2C1. The molecular weight excluding hydrogens is 398 g/mol. The normalized spacial score (nSPS) is 18.5. The van der Waals surface area contributed by atoms with E-state index in [0.717, 1.165) is 28.4 Å². The molecule has 0 spiro atoms. The Bertz CT molecular complexity index is 1030. The molecule has 2 aromatic carbocycles. The van der Waals surface area contributed by atoms with Crippen LogP contribution in [0.25, 0.3) is 0 Å². The van der Waals surface area contributed by atoms with Gasteiger partial charge in [0.2, 0.25) is 15.9 Å². The molecule has 1 saturated heterocycles. The molecule has 2 aliphatic rings. The highest BCUT2D eigenvalue weighted by Crippen LogP contribution is 2.28. The first-order valence-corrected chi connectivity index (χ1v) is 11.1. The Kier molecular flexibility index (Phi) is 5.40. The van der Waals surface area contributed by atoms with Crippen molar-refractivity contribution in [1.29, 1.82) is 0 Å². The molecule has 0 radical (unpaired) electrons. The number of halogens is 2. The summed E-state index contributed by atoms with van der Waals surface area (Å²) in [5, 5.41) is 0. The number of amides is 1. The Labute approximate surface area is 169 Å². The minimum absolute atomic E-state index is 0.0356. The van der Waals surface area contributed by atoms with Crippen molar-refractivity contribution in [3.05, 3.63) is 65.2 Å². The predicted octanol–water partition coefficient (Wildman–Crippen LogP) is 2.95. The molecule has 2 aliphatic heterocycles. The van der Waals surface area contributed by atoms with Crippen LogP contribution in [-0.2, 0) is 27.8 Å². The van der Waals surface area contributed by atoms with Crippen LogP contribution in [0.2, 0.25) is 0 Å². The molecule has 29 heavy (non-hydrogen) atoms. The van der Waals surface area contributed by atoms with Crippen molar-refractivity contribution in [2.24, 2.45) is 5.92 Å². The molecule has 154 valence electrons. The maximum absolute atomic E-state index is 14.0. The molecule has 1 amide bonds. The first-order chi connectivity index (χ1) is 13.9. The van der Waals surface area contributed by atoms with Crippen molar-refractivity contribution in [3.63, 3.8) is 0 Å². The number of carbonyl (C=O) groups is 1. The molecular formula is C21H22F2N2O3S. The topological polar surface area (TPSA) is 57.7 Å². The fourth-order valence-corrected chi connectivity index (χ4v) is 5.64. The monoisotopic (exact) mass is 420 g/mol. The van der Waals surface area contributed by atoms with Crippen LogP contribution in [0, 0.1) is 17.6 Å². The highest BCUT2D eigenvalue weighted by atomic mass is 32.2. The first-order valence-electron chi connectivity index (χ1n) is 9.67. The van der Waals surface area contributed by atoms with Crippen molar-refractivity contribution >= 4 is 15.9 Å². The largest absolute Gasteiger partial charge is 0.338 e. The summed E-state index contributed by atoms with van der Waals surface area (Å²) in [5.74, 6) is -2.01. The lowest BCUT2D eigenvalue weighted by atomic mass is 9.94. The third-order valence-corrected chi connectivity index (χ3v) is 7.67. The van der Waals surface area contributed by atoms with Gasteiger partial charge in [-0.1, -0.05) is 24.3 Å². The van der Waals surface area contributed by atoms with Crippen LogP contribution in [-0.4, -0.2) is 43.2 Å². The van der Waals surface area contributed by atoms with Gasteiger partial charge in [-0.15, -0.1) is 0 Å². The summed E-state index contributed by atoms with van der Waals surface area (Å²) in [6.45, 7) is 1.45. The van der Waals surface area contributed by atoms with Crippen LogP contribution in [0.5, 0.6) is 0 Å². The standard InChI is InChI=1S/C21H22F2N2O3S/c22-18-5-6-19(23)20(13-18)29(27,28)25-11-8-16(9-12-25)21(26)24-10-7-15-3-1-2-4-17(15)14-24/h1-6,13,16H,7-12,14H2. The zero-order valence-corrected chi connectivity index (χ0v) is 16.7. The van der Waals surface area contributed by atoms with Gasteiger partial charge in [0.05, 0.1) is 0 Å². The number of sulfonamides is 1. The van der Waals surface area contributed by atoms with E-state index in [-0.39, 0.29) is 24.9 Å². The highest BCUT2D eigenvalue weighted by molar-refractivity contribution is 7.89. The maximum atomic E-state index is 14.0. The molecule has 0 aromatic heterocycles. The van der Waals surface area contributed by atoms with Crippen LogP contribution in [0.4, 0.5) is 8.78 Å². The number of hydrogen-bond acceptors (Lipinski definition) is 3. The van der Waals surface area contributed by atoms with Crippen LogP contribution in [0.3, 0.4) is 0 Å². The van der Waals surface area contributed by atoms with Crippen LogP contribution < -0.4 is 0 Å². The van der Waals surface area contributed by atoms with E-state index >= 15 is 0 Å². The van der Waals surface area contributed by atoms with E-state index in [2.05, 4.69) is 6.07 Å². The number of rotatable bonds is 3. The van der Waals surface area contributed by atoms with E-state index < -0.39 is 26.6 Å². The second-order valence-electron chi connectivity index (χ2n) is 7.53. The van der Waals surface area contributed by atoms with Gasteiger partial charge in [-0.3, -0.25) is 4.79 Å². The zero-order valence-electron chi connectivity index (χ0n) is 15.9. The minimum Gasteiger partial charge on any atom is -0.338 e. The molecule has 2 heterocycles. The third kappa shape index (κ3) is 3.91. The number of fused-ring (bicyclic) bond motifs is 1. The Balaban J connectivity index is 1.42. The van der Waals surface area contributed by atoms with E-state index in [1.807, 2.05) is 23.1 Å². The molecule has 1 fully saturated rings. The van der Waals surface area contributed by atoms with Gasteiger partial charge < -0.3 is 4.90 Å². The van der Waals surface area contributed by atoms with E-state index in [0.29, 0.717) is 32.0 Å². The Morgan fingerprint density at radius 1 is 0.966 bits per heavy atom. The molecule has 0 bridgehead atoms. The second kappa shape index (κ2) is 7.84. The van der Waals surface area contributed by atoms with Crippen molar-refractivity contribution < 1.29 is 22.0 Å². The van der Waals surface area contributed by atoms with E-state index in [1.165, 1.54) is 5.56 Å². The molecule has 4 rings (SSSR count). The lowest BCUT2D eigenvalue weighted by molar-refractivity contribution is -0.137. The molecule has 0 saturated carbocycles. The fourth-order valence-electron chi connectivity index (χ4n) is 4.10. The highest BCUT2D eigenvalue weighted by Gasteiger charge is 2.35. The summed E-state index contributed by atoms with van der Waals surface area (Å²) in [6.07, 6.45) is 1.55. The molecule has 8 heteroatoms. The molecule has 0 atom stereocenters. The number of nitrogens with zero attached hydrogens (tertiary/aromatic N) is 2. The van der Waals surface area contributed by atoms with Crippen LogP contribution in [0.15, 0.2) is 47.4 Å². The van der Waals surface area contributed by atoms with Gasteiger partial charge in [0.25, 0.3) is 0 Å². The van der Waals surface area contributed by atoms with Gasteiger partial charge in [0.15, 0.2) is 0 Å². The molecule has 0 aliphatic carbocycles. The predicted molar refractivity (Wildman–Crippen MR) is 103 cm³/mol. The van der Waals surface area contributed by atoms with E-state index in [9.17, 15) is 22.0 Å². The lowest BCUT2D eigenvalue weighted by Crippen LogP contribution is -2.45. The number of piperidine rings is 1. The molecule has 0 N–H and O–H groups in total. The quantitative estimate of drug-likeness (QED) is 0.767. The number of hydrogen-bond donors (Lipinski definition) is 0. The lowest BCUT2D eigenvalue weighted by Gasteiger charge is -2.35. The van der Waals surface area contributed by atoms with Gasteiger partial charge in [0, 0.05) is 32.1 Å². The Morgan fingerprint density at radius 2 is 1.66 bits per heavy atom. The zero-order chi connectivity index (χ0) is 20.6. The van der Waals surface area contributed by atoms with Gasteiger partial charge in [0.1, 0.15) is 16.5 Å². The summed E-state index contributed by atoms with van der Waals surface area (Å²) >= 11 is 0. The summed E-state index contributed by atoms with van der Waals surface area (Å²) in [5.41, 5.74) is 2.41. The van der Waals surface area contributed by atoms with Gasteiger partial charge >= 0.3 is 0 Å². The second-order valence-corrected chi connectivity index (χ2v) is 9.44. The van der Waals surface area contributed by atoms with E-state index in [4.69, 9.17) is 0 Å². The fraction of sp³-hybridized carbons (Fsp3) is 0.381. The Morgan fingerprint density at radius 3 is 2.38 bits per heavy atom. The minimum atomic E-state index is -4.14. The first kappa shape index (κ1) is 20.0. The van der Waals surface area contributed by atoms with Gasteiger partial charge in [-0.2, -0.15) is 4.31 Å². The van der Waals surface area contributed by atoms with E-state index in [1.54, 1.807) is 0 Å². The average Bonchev–Trinajstić information content (AvgIpc) is 2.74. The third-order valence-electron chi connectivity index (χ3n) is 5.76.